The van der Waals surface area contributed by atoms with Crippen molar-refractivity contribution in [3.05, 3.63) is 5.82 Å². The zero-order valence-corrected chi connectivity index (χ0v) is 11.2. The molecule has 1 rings (SSSR count). The summed E-state index contributed by atoms with van der Waals surface area (Å²) in [7, 11) is 1.70. The van der Waals surface area contributed by atoms with E-state index < -0.39 is 6.10 Å². The Labute approximate surface area is 102 Å². The van der Waals surface area contributed by atoms with Gasteiger partial charge in [-0.25, -0.2) is 0 Å². The van der Waals surface area contributed by atoms with E-state index in [-0.39, 0.29) is 11.5 Å². The van der Waals surface area contributed by atoms with E-state index in [0.29, 0.717) is 18.9 Å². The first-order valence-corrected chi connectivity index (χ1v) is 5.87. The topological polar surface area (TPSA) is 73.1 Å². The van der Waals surface area contributed by atoms with Gasteiger partial charge in [-0.3, -0.25) is 0 Å². The van der Waals surface area contributed by atoms with Crippen molar-refractivity contribution < 1.29 is 9.84 Å². The van der Waals surface area contributed by atoms with Crippen molar-refractivity contribution >= 4 is 0 Å². The number of hydrogen-bond acceptors (Lipinski definition) is 5. The fourth-order valence-electron chi connectivity index (χ4n) is 1.82. The first-order chi connectivity index (χ1) is 7.84. The van der Waals surface area contributed by atoms with E-state index in [1.165, 1.54) is 4.80 Å². The summed E-state index contributed by atoms with van der Waals surface area (Å²) < 4.78 is 5.61. The van der Waals surface area contributed by atoms with E-state index in [0.717, 1.165) is 0 Å². The predicted molar refractivity (Wildman–Crippen MR) is 63.4 cm³/mol. The van der Waals surface area contributed by atoms with E-state index in [1.54, 1.807) is 7.05 Å². The van der Waals surface area contributed by atoms with Crippen LogP contribution in [0.25, 0.3) is 0 Å². The van der Waals surface area contributed by atoms with E-state index in [2.05, 4.69) is 15.4 Å². The van der Waals surface area contributed by atoms with Crippen LogP contribution in [-0.4, -0.2) is 44.1 Å². The lowest BCUT2D eigenvalue weighted by Crippen LogP contribution is -2.41. The molecule has 0 aromatic carbocycles. The van der Waals surface area contributed by atoms with Crippen LogP contribution in [0.4, 0.5) is 0 Å². The fraction of sp³-hybridized carbons (Fsp3) is 0.909. The molecule has 0 bridgehead atoms. The first-order valence-electron chi connectivity index (χ1n) is 5.87. The lowest BCUT2D eigenvalue weighted by molar-refractivity contribution is -0.0879. The molecule has 0 aliphatic carbocycles. The van der Waals surface area contributed by atoms with Gasteiger partial charge >= 0.3 is 0 Å². The summed E-state index contributed by atoms with van der Waals surface area (Å²) in [4.78, 5) is 1.38. The SMILES string of the molecule is CCOC(C(O)Cc1nnn(C)n1)C(C)(C)C. The molecule has 6 nitrogen and oxygen atoms in total. The highest BCUT2D eigenvalue weighted by molar-refractivity contribution is 4.89. The van der Waals surface area contributed by atoms with Gasteiger partial charge in [-0.1, -0.05) is 20.8 Å². The lowest BCUT2D eigenvalue weighted by atomic mass is 9.84. The summed E-state index contributed by atoms with van der Waals surface area (Å²) in [5.41, 5.74) is -0.127. The van der Waals surface area contributed by atoms with Crippen molar-refractivity contribution in [2.24, 2.45) is 12.5 Å². The molecule has 0 aliphatic heterocycles. The number of aromatic nitrogens is 4. The predicted octanol–water partition coefficient (Wildman–Crippen LogP) is 0.565. The number of nitrogens with zero attached hydrogens (tertiary/aromatic N) is 4. The zero-order valence-electron chi connectivity index (χ0n) is 11.2. The molecule has 17 heavy (non-hydrogen) atoms. The molecule has 0 radical (unpaired) electrons. The fourth-order valence-corrected chi connectivity index (χ4v) is 1.82. The van der Waals surface area contributed by atoms with Crippen molar-refractivity contribution in [2.45, 2.75) is 46.3 Å². The van der Waals surface area contributed by atoms with Crippen LogP contribution in [0.15, 0.2) is 0 Å². The van der Waals surface area contributed by atoms with Gasteiger partial charge < -0.3 is 9.84 Å². The molecule has 1 aromatic heterocycles. The second-order valence-electron chi connectivity index (χ2n) is 5.21. The number of rotatable bonds is 5. The van der Waals surface area contributed by atoms with Crippen molar-refractivity contribution in [3.8, 4) is 0 Å². The lowest BCUT2D eigenvalue weighted by Gasteiger charge is -2.33. The molecular formula is C11H22N4O2. The van der Waals surface area contributed by atoms with E-state index in [9.17, 15) is 5.11 Å². The molecule has 1 N–H and O–H groups in total. The van der Waals surface area contributed by atoms with Gasteiger partial charge in [0.1, 0.15) is 0 Å². The number of ether oxygens (including phenoxy) is 1. The van der Waals surface area contributed by atoms with E-state index in [1.807, 2.05) is 27.7 Å². The second-order valence-corrected chi connectivity index (χ2v) is 5.21. The highest BCUT2D eigenvalue weighted by Gasteiger charge is 2.32. The van der Waals surface area contributed by atoms with Gasteiger partial charge in [0.15, 0.2) is 5.82 Å². The number of aliphatic hydroxyl groups is 1. The Morgan fingerprint density at radius 1 is 1.41 bits per heavy atom. The van der Waals surface area contributed by atoms with Crippen LogP contribution in [0.3, 0.4) is 0 Å². The monoisotopic (exact) mass is 242 g/mol. The largest absolute Gasteiger partial charge is 0.390 e. The van der Waals surface area contributed by atoms with Crippen LogP contribution in [0.2, 0.25) is 0 Å². The molecule has 1 aromatic rings. The van der Waals surface area contributed by atoms with Crippen LogP contribution < -0.4 is 0 Å². The molecule has 0 amide bonds. The smallest absolute Gasteiger partial charge is 0.177 e. The normalized spacial score (nSPS) is 15.9. The summed E-state index contributed by atoms with van der Waals surface area (Å²) >= 11 is 0. The Kier molecular flexibility index (Phi) is 4.59. The molecule has 98 valence electrons. The van der Waals surface area contributed by atoms with Gasteiger partial charge in [-0.15, -0.1) is 10.2 Å². The third-order valence-corrected chi connectivity index (χ3v) is 2.49. The summed E-state index contributed by atoms with van der Waals surface area (Å²) in [5, 5.41) is 21.9. The molecule has 2 unspecified atom stereocenters. The quantitative estimate of drug-likeness (QED) is 0.817. The molecule has 0 saturated heterocycles. The van der Waals surface area contributed by atoms with Crippen molar-refractivity contribution in [1.82, 2.24) is 20.2 Å². The minimum atomic E-state index is -0.626. The van der Waals surface area contributed by atoms with Crippen molar-refractivity contribution in [1.29, 1.82) is 0 Å². The van der Waals surface area contributed by atoms with Gasteiger partial charge in [0.25, 0.3) is 0 Å². The Balaban J connectivity index is 2.68. The molecule has 0 saturated carbocycles. The standard InChI is InChI=1S/C11H22N4O2/c1-6-17-10(11(2,3)4)8(16)7-9-12-14-15(5)13-9/h8,10,16H,6-7H2,1-5H3. The molecule has 0 spiro atoms. The van der Waals surface area contributed by atoms with Gasteiger partial charge in [-0.2, -0.15) is 4.80 Å². The Hall–Kier alpha value is -1.01. The third kappa shape index (κ3) is 4.05. The number of tetrazole rings is 1. The van der Waals surface area contributed by atoms with E-state index in [4.69, 9.17) is 4.74 Å². The van der Waals surface area contributed by atoms with Crippen LogP contribution >= 0.6 is 0 Å². The minimum absolute atomic E-state index is 0.127. The Morgan fingerprint density at radius 2 is 2.06 bits per heavy atom. The summed E-state index contributed by atoms with van der Waals surface area (Å²) in [6, 6.07) is 0. The average Bonchev–Trinajstić information content (AvgIpc) is 2.58. The summed E-state index contributed by atoms with van der Waals surface area (Å²) in [6.07, 6.45) is -0.508. The van der Waals surface area contributed by atoms with Crippen LogP contribution in [0.5, 0.6) is 0 Å². The molecular weight excluding hydrogens is 220 g/mol. The highest BCUT2D eigenvalue weighted by Crippen LogP contribution is 2.26. The van der Waals surface area contributed by atoms with Crippen LogP contribution in [0.1, 0.15) is 33.5 Å². The van der Waals surface area contributed by atoms with Gasteiger partial charge in [-0.05, 0) is 17.6 Å². The van der Waals surface area contributed by atoms with Crippen LogP contribution in [-0.2, 0) is 18.2 Å². The van der Waals surface area contributed by atoms with Gasteiger partial charge in [0.05, 0.1) is 19.3 Å². The molecule has 6 heteroatoms. The van der Waals surface area contributed by atoms with Gasteiger partial charge in [0, 0.05) is 13.0 Å². The second kappa shape index (κ2) is 5.55. The first kappa shape index (κ1) is 14.1. The minimum Gasteiger partial charge on any atom is -0.390 e. The number of aliphatic hydroxyl groups excluding tert-OH is 1. The van der Waals surface area contributed by atoms with Crippen LogP contribution in [0, 0.1) is 5.41 Å². The zero-order chi connectivity index (χ0) is 13.1. The maximum atomic E-state index is 10.2. The highest BCUT2D eigenvalue weighted by atomic mass is 16.5. The number of hydrogen-bond donors (Lipinski definition) is 1. The molecule has 0 fully saturated rings. The maximum Gasteiger partial charge on any atom is 0.177 e. The summed E-state index contributed by atoms with van der Waals surface area (Å²) in [6.45, 7) is 8.63. The Bertz CT molecular complexity index is 345. The van der Waals surface area contributed by atoms with Crippen molar-refractivity contribution in [2.75, 3.05) is 6.61 Å². The third-order valence-electron chi connectivity index (χ3n) is 2.49. The van der Waals surface area contributed by atoms with Gasteiger partial charge in [0.2, 0.25) is 0 Å². The molecule has 0 aliphatic rings. The van der Waals surface area contributed by atoms with E-state index >= 15 is 0 Å². The number of aryl methyl sites for hydroxylation is 1. The maximum absolute atomic E-state index is 10.2. The average molecular weight is 242 g/mol. The van der Waals surface area contributed by atoms with Crippen molar-refractivity contribution in [3.63, 3.8) is 0 Å². The summed E-state index contributed by atoms with van der Waals surface area (Å²) in [5.74, 6) is 0.536. The molecule has 1 heterocycles. The Morgan fingerprint density at radius 3 is 2.47 bits per heavy atom. The molecule has 2 atom stereocenters.